The van der Waals surface area contributed by atoms with Crippen molar-refractivity contribution in [1.82, 2.24) is 15.3 Å². The summed E-state index contributed by atoms with van der Waals surface area (Å²) in [7, 11) is 0. The van der Waals surface area contributed by atoms with Crippen LogP contribution in [-0.2, 0) is 16.1 Å². The summed E-state index contributed by atoms with van der Waals surface area (Å²) >= 11 is 0. The number of ether oxygens (including phenoxy) is 1. The van der Waals surface area contributed by atoms with E-state index in [-0.39, 0.29) is 11.9 Å². The number of hydrogen-bond acceptors (Lipinski definition) is 5. The second kappa shape index (κ2) is 7.19. The first-order valence-corrected chi connectivity index (χ1v) is 6.94. The van der Waals surface area contributed by atoms with Crippen LogP contribution >= 0.6 is 0 Å². The maximum absolute atomic E-state index is 11.6. The van der Waals surface area contributed by atoms with E-state index < -0.39 is 0 Å². The molecule has 0 spiro atoms. The van der Waals surface area contributed by atoms with Gasteiger partial charge >= 0.3 is 5.97 Å². The van der Waals surface area contributed by atoms with Crippen LogP contribution in [0.4, 0.5) is 0 Å². The van der Waals surface area contributed by atoms with Crippen LogP contribution in [0, 0.1) is 5.92 Å². The lowest BCUT2D eigenvalue weighted by Crippen LogP contribution is -2.35. The van der Waals surface area contributed by atoms with E-state index in [4.69, 9.17) is 4.74 Å². The molecule has 1 aromatic rings. The highest BCUT2D eigenvalue weighted by Crippen LogP contribution is 2.25. The van der Waals surface area contributed by atoms with Crippen LogP contribution < -0.4 is 5.32 Å². The van der Waals surface area contributed by atoms with Crippen LogP contribution in [-0.4, -0.2) is 28.6 Å². The Balaban J connectivity index is 1.70. The van der Waals surface area contributed by atoms with E-state index in [1.165, 1.54) is 0 Å². The molecule has 1 aliphatic rings. The van der Waals surface area contributed by atoms with Crippen LogP contribution in [0.5, 0.6) is 0 Å². The molecule has 19 heavy (non-hydrogen) atoms. The molecule has 0 amide bonds. The Morgan fingerprint density at radius 2 is 2.21 bits per heavy atom. The quantitative estimate of drug-likeness (QED) is 0.819. The molecule has 1 aromatic heterocycles. The van der Waals surface area contributed by atoms with Crippen molar-refractivity contribution in [1.29, 1.82) is 0 Å². The molecular weight excluding hydrogens is 242 g/mol. The molecule has 0 aliphatic heterocycles. The Kier molecular flexibility index (Phi) is 5.27. The fraction of sp³-hybridized carbons (Fsp3) is 0.643. The Morgan fingerprint density at radius 1 is 1.42 bits per heavy atom. The smallest absolute Gasteiger partial charge is 0.308 e. The number of hydrogen-bond donors (Lipinski definition) is 1. The largest absolute Gasteiger partial charge is 0.466 e. The number of nitrogens with one attached hydrogen (secondary N) is 1. The Bertz CT molecular complexity index is 389. The molecule has 1 saturated carbocycles. The van der Waals surface area contributed by atoms with Gasteiger partial charge in [-0.3, -0.25) is 4.79 Å². The molecule has 0 atom stereocenters. The fourth-order valence-corrected chi connectivity index (χ4v) is 2.46. The molecule has 1 N–H and O–H groups in total. The zero-order chi connectivity index (χ0) is 13.5. The third-order valence-corrected chi connectivity index (χ3v) is 3.56. The number of carbonyl (C=O) groups is 1. The molecule has 1 aliphatic carbocycles. The standard InChI is InChI=1S/C14H21N3O2/c1-2-19-14(18)11-3-5-12(6-4-11)16-9-13-7-8-15-10-17-13/h7-8,10-12,16H,2-6,9H2,1H3. The molecule has 0 saturated heterocycles. The lowest BCUT2D eigenvalue weighted by atomic mass is 9.86. The van der Waals surface area contributed by atoms with E-state index >= 15 is 0 Å². The van der Waals surface area contributed by atoms with E-state index in [2.05, 4.69) is 15.3 Å². The first-order valence-electron chi connectivity index (χ1n) is 6.94. The minimum atomic E-state index is -0.0308. The molecule has 0 aromatic carbocycles. The number of carbonyl (C=O) groups excluding carboxylic acids is 1. The predicted octanol–water partition coefficient (Wildman–Crippen LogP) is 1.69. The molecule has 0 radical (unpaired) electrons. The molecular formula is C14H21N3O2. The van der Waals surface area contributed by atoms with E-state index in [0.29, 0.717) is 12.6 Å². The highest BCUT2D eigenvalue weighted by Gasteiger charge is 2.26. The number of aromatic nitrogens is 2. The molecule has 1 fully saturated rings. The Morgan fingerprint density at radius 3 is 2.84 bits per heavy atom. The van der Waals surface area contributed by atoms with Crippen molar-refractivity contribution < 1.29 is 9.53 Å². The van der Waals surface area contributed by atoms with Gasteiger partial charge in [0, 0.05) is 18.8 Å². The minimum absolute atomic E-state index is 0.0308. The van der Waals surface area contributed by atoms with Gasteiger partial charge < -0.3 is 10.1 Å². The van der Waals surface area contributed by atoms with Crippen LogP contribution in [0.25, 0.3) is 0 Å². The third-order valence-electron chi connectivity index (χ3n) is 3.56. The molecule has 104 valence electrons. The first-order chi connectivity index (χ1) is 9.29. The zero-order valence-corrected chi connectivity index (χ0v) is 11.3. The van der Waals surface area contributed by atoms with Crippen LogP contribution in [0.2, 0.25) is 0 Å². The van der Waals surface area contributed by atoms with E-state index in [9.17, 15) is 4.79 Å². The second-order valence-electron chi connectivity index (χ2n) is 4.88. The van der Waals surface area contributed by atoms with Gasteiger partial charge in [0.1, 0.15) is 6.33 Å². The van der Waals surface area contributed by atoms with Crippen molar-refractivity contribution in [3.63, 3.8) is 0 Å². The third kappa shape index (κ3) is 4.28. The summed E-state index contributed by atoms with van der Waals surface area (Å²) in [5, 5.41) is 3.49. The van der Waals surface area contributed by atoms with Crippen molar-refractivity contribution in [3.05, 3.63) is 24.3 Å². The topological polar surface area (TPSA) is 64.1 Å². The van der Waals surface area contributed by atoms with Crippen LogP contribution in [0.1, 0.15) is 38.3 Å². The van der Waals surface area contributed by atoms with Crippen molar-refractivity contribution >= 4 is 5.97 Å². The molecule has 5 nitrogen and oxygen atoms in total. The Hall–Kier alpha value is -1.49. The summed E-state index contributed by atoms with van der Waals surface area (Å²) in [4.78, 5) is 19.7. The van der Waals surface area contributed by atoms with Crippen molar-refractivity contribution in [2.45, 2.75) is 45.2 Å². The molecule has 1 heterocycles. The van der Waals surface area contributed by atoms with Gasteiger partial charge in [-0.15, -0.1) is 0 Å². The molecule has 5 heteroatoms. The van der Waals surface area contributed by atoms with Gasteiger partial charge in [0.05, 0.1) is 18.2 Å². The van der Waals surface area contributed by atoms with E-state index in [0.717, 1.165) is 37.9 Å². The monoisotopic (exact) mass is 263 g/mol. The maximum atomic E-state index is 11.6. The fourth-order valence-electron chi connectivity index (χ4n) is 2.46. The van der Waals surface area contributed by atoms with E-state index in [1.807, 2.05) is 13.0 Å². The van der Waals surface area contributed by atoms with Crippen molar-refractivity contribution in [2.24, 2.45) is 5.92 Å². The van der Waals surface area contributed by atoms with Gasteiger partial charge in [0.2, 0.25) is 0 Å². The van der Waals surface area contributed by atoms with Crippen molar-refractivity contribution in [3.8, 4) is 0 Å². The van der Waals surface area contributed by atoms with Gasteiger partial charge in [-0.05, 0) is 38.7 Å². The van der Waals surface area contributed by atoms with E-state index in [1.54, 1.807) is 12.5 Å². The first kappa shape index (κ1) is 13.9. The van der Waals surface area contributed by atoms with Gasteiger partial charge in [-0.2, -0.15) is 0 Å². The maximum Gasteiger partial charge on any atom is 0.308 e. The van der Waals surface area contributed by atoms with Crippen LogP contribution in [0.3, 0.4) is 0 Å². The summed E-state index contributed by atoms with van der Waals surface area (Å²) in [6, 6.07) is 2.39. The SMILES string of the molecule is CCOC(=O)C1CCC(NCc2ccncn2)CC1. The molecule has 0 unspecified atom stereocenters. The Labute approximate surface area is 113 Å². The summed E-state index contributed by atoms with van der Waals surface area (Å²) in [5.74, 6) is 0.0637. The average molecular weight is 263 g/mol. The summed E-state index contributed by atoms with van der Waals surface area (Å²) in [6.45, 7) is 3.09. The normalized spacial score (nSPS) is 23.0. The van der Waals surface area contributed by atoms with Gasteiger partial charge in [0.25, 0.3) is 0 Å². The lowest BCUT2D eigenvalue weighted by Gasteiger charge is -2.27. The summed E-state index contributed by atoms with van der Waals surface area (Å²) < 4.78 is 5.07. The van der Waals surface area contributed by atoms with Gasteiger partial charge in [0.15, 0.2) is 0 Å². The summed E-state index contributed by atoms with van der Waals surface area (Å²) in [5.41, 5.74) is 1.00. The molecule has 0 bridgehead atoms. The molecule has 2 rings (SSSR count). The highest BCUT2D eigenvalue weighted by molar-refractivity contribution is 5.72. The number of esters is 1. The van der Waals surface area contributed by atoms with Gasteiger partial charge in [-0.25, -0.2) is 9.97 Å². The lowest BCUT2D eigenvalue weighted by molar-refractivity contribution is -0.149. The minimum Gasteiger partial charge on any atom is -0.466 e. The number of rotatable bonds is 5. The predicted molar refractivity (Wildman–Crippen MR) is 71.3 cm³/mol. The number of nitrogens with zero attached hydrogens (tertiary/aromatic N) is 2. The second-order valence-corrected chi connectivity index (χ2v) is 4.88. The summed E-state index contributed by atoms with van der Waals surface area (Å²) in [6.07, 6.45) is 7.19. The highest BCUT2D eigenvalue weighted by atomic mass is 16.5. The van der Waals surface area contributed by atoms with Crippen LogP contribution in [0.15, 0.2) is 18.6 Å². The average Bonchev–Trinajstić information content (AvgIpc) is 2.47. The zero-order valence-electron chi connectivity index (χ0n) is 11.3. The van der Waals surface area contributed by atoms with Crippen molar-refractivity contribution in [2.75, 3.05) is 6.61 Å². The van der Waals surface area contributed by atoms with Gasteiger partial charge in [-0.1, -0.05) is 0 Å².